The molecule has 0 radical (unpaired) electrons. The minimum Gasteiger partial charge on any atom is -0.482 e. The van der Waals surface area contributed by atoms with Crippen LogP contribution in [0.5, 0.6) is 5.75 Å². The van der Waals surface area contributed by atoms with Crippen molar-refractivity contribution in [1.29, 1.82) is 0 Å². The van der Waals surface area contributed by atoms with Gasteiger partial charge in [0.1, 0.15) is 5.75 Å². The van der Waals surface area contributed by atoms with Crippen molar-refractivity contribution in [2.45, 2.75) is 25.2 Å². The summed E-state index contributed by atoms with van der Waals surface area (Å²) in [4.78, 5) is 14.3. The van der Waals surface area contributed by atoms with Gasteiger partial charge in [-0.3, -0.25) is 0 Å². The summed E-state index contributed by atoms with van der Waals surface area (Å²) in [5, 5.41) is 8.77. The average molecular weight is 436 g/mol. The fourth-order valence-electron chi connectivity index (χ4n) is 3.42. The number of carbonyl (C=O) groups is 1. The predicted octanol–water partition coefficient (Wildman–Crippen LogP) is 6.13. The standard InChI is InChI=1S/C26H29NO3S/c1-3-15-27(23-11-9-22(10-12-23)21-7-5-4-6-8-21)16-17-31-24-13-14-25(20(2)18-24)30-19-26(28)29/h4-14,18H,3,15-17,19H2,1-2H3,(H,28,29). The van der Waals surface area contributed by atoms with E-state index in [-0.39, 0.29) is 6.61 Å². The van der Waals surface area contributed by atoms with E-state index < -0.39 is 5.97 Å². The Morgan fingerprint density at radius 2 is 1.68 bits per heavy atom. The molecule has 162 valence electrons. The van der Waals surface area contributed by atoms with E-state index in [0.29, 0.717) is 5.75 Å². The van der Waals surface area contributed by atoms with Gasteiger partial charge in [0, 0.05) is 29.4 Å². The van der Waals surface area contributed by atoms with Crippen molar-refractivity contribution in [3.8, 4) is 16.9 Å². The van der Waals surface area contributed by atoms with Crippen LogP contribution >= 0.6 is 11.8 Å². The second kappa shape index (κ2) is 11.5. The lowest BCUT2D eigenvalue weighted by Gasteiger charge is -2.24. The van der Waals surface area contributed by atoms with Crippen molar-refractivity contribution in [3.05, 3.63) is 78.4 Å². The van der Waals surface area contributed by atoms with E-state index in [1.165, 1.54) is 16.8 Å². The summed E-state index contributed by atoms with van der Waals surface area (Å²) in [6, 6.07) is 25.2. The summed E-state index contributed by atoms with van der Waals surface area (Å²) in [5.41, 5.74) is 4.66. The summed E-state index contributed by atoms with van der Waals surface area (Å²) in [6.45, 7) is 5.81. The van der Waals surface area contributed by atoms with Gasteiger partial charge >= 0.3 is 5.97 Å². The minimum atomic E-state index is -0.967. The van der Waals surface area contributed by atoms with Gasteiger partial charge in [-0.2, -0.15) is 0 Å². The molecule has 3 aromatic carbocycles. The van der Waals surface area contributed by atoms with Crippen LogP contribution in [0.3, 0.4) is 0 Å². The molecule has 0 heterocycles. The van der Waals surface area contributed by atoms with Crippen LogP contribution in [0.25, 0.3) is 11.1 Å². The molecule has 0 saturated heterocycles. The van der Waals surface area contributed by atoms with Gasteiger partial charge in [-0.1, -0.05) is 49.4 Å². The number of ether oxygens (including phenoxy) is 1. The van der Waals surface area contributed by atoms with E-state index in [2.05, 4.69) is 66.4 Å². The zero-order valence-electron chi connectivity index (χ0n) is 18.1. The highest BCUT2D eigenvalue weighted by molar-refractivity contribution is 7.99. The van der Waals surface area contributed by atoms with Crippen molar-refractivity contribution in [1.82, 2.24) is 0 Å². The third-order valence-corrected chi connectivity index (χ3v) is 5.93. The number of hydrogen-bond acceptors (Lipinski definition) is 4. The minimum absolute atomic E-state index is 0.317. The summed E-state index contributed by atoms with van der Waals surface area (Å²) >= 11 is 1.80. The van der Waals surface area contributed by atoms with Gasteiger partial charge in [0.15, 0.2) is 6.61 Å². The van der Waals surface area contributed by atoms with Gasteiger partial charge in [0.05, 0.1) is 0 Å². The average Bonchev–Trinajstić information content (AvgIpc) is 2.78. The van der Waals surface area contributed by atoms with E-state index in [0.717, 1.165) is 35.7 Å². The maximum atomic E-state index is 10.7. The van der Waals surface area contributed by atoms with E-state index in [1.807, 2.05) is 25.1 Å². The van der Waals surface area contributed by atoms with E-state index >= 15 is 0 Å². The first-order valence-corrected chi connectivity index (χ1v) is 11.5. The number of carboxylic acids is 1. The van der Waals surface area contributed by atoms with Gasteiger partial charge in [0.25, 0.3) is 0 Å². The molecule has 0 amide bonds. The number of aryl methyl sites for hydroxylation is 1. The first kappa shape index (κ1) is 22.8. The first-order chi connectivity index (χ1) is 15.1. The Hall–Kier alpha value is -2.92. The molecule has 0 aromatic heterocycles. The number of carboxylic acid groups (broad SMARTS) is 1. The highest BCUT2D eigenvalue weighted by atomic mass is 32.2. The van der Waals surface area contributed by atoms with Crippen LogP contribution < -0.4 is 9.64 Å². The number of anilines is 1. The van der Waals surface area contributed by atoms with E-state index in [4.69, 9.17) is 9.84 Å². The van der Waals surface area contributed by atoms with Crippen molar-refractivity contribution in [3.63, 3.8) is 0 Å². The summed E-state index contributed by atoms with van der Waals surface area (Å²) in [7, 11) is 0. The summed E-state index contributed by atoms with van der Waals surface area (Å²) in [6.07, 6.45) is 1.10. The molecule has 31 heavy (non-hydrogen) atoms. The highest BCUT2D eigenvalue weighted by Crippen LogP contribution is 2.27. The van der Waals surface area contributed by atoms with Gasteiger partial charge in [-0.15, -0.1) is 11.8 Å². The quantitative estimate of drug-likeness (QED) is 0.367. The molecule has 5 heteroatoms. The molecule has 4 nitrogen and oxygen atoms in total. The van der Waals surface area contributed by atoms with E-state index in [9.17, 15) is 4.79 Å². The molecule has 3 aromatic rings. The number of nitrogens with zero attached hydrogens (tertiary/aromatic N) is 1. The van der Waals surface area contributed by atoms with Gasteiger partial charge in [0.2, 0.25) is 0 Å². The van der Waals surface area contributed by atoms with Gasteiger partial charge in [-0.05, 0) is 60.4 Å². The number of benzene rings is 3. The Morgan fingerprint density at radius 1 is 0.968 bits per heavy atom. The number of thioether (sulfide) groups is 1. The SMILES string of the molecule is CCCN(CCSc1ccc(OCC(=O)O)c(C)c1)c1ccc(-c2ccccc2)cc1. The van der Waals surface area contributed by atoms with Crippen LogP contribution in [0.15, 0.2) is 77.7 Å². The van der Waals surface area contributed by atoms with Crippen molar-refractivity contribution < 1.29 is 14.6 Å². The zero-order chi connectivity index (χ0) is 22.1. The van der Waals surface area contributed by atoms with Gasteiger partial charge in [-0.25, -0.2) is 4.79 Å². The van der Waals surface area contributed by atoms with Crippen molar-refractivity contribution in [2.75, 3.05) is 30.3 Å². The molecular weight excluding hydrogens is 406 g/mol. The molecule has 0 saturated carbocycles. The molecule has 0 spiro atoms. The monoisotopic (exact) mass is 435 g/mol. The molecule has 3 rings (SSSR count). The molecular formula is C26H29NO3S. The lowest BCUT2D eigenvalue weighted by molar-refractivity contribution is -0.139. The first-order valence-electron chi connectivity index (χ1n) is 10.6. The fourth-order valence-corrected chi connectivity index (χ4v) is 4.39. The van der Waals surface area contributed by atoms with E-state index in [1.54, 1.807) is 11.8 Å². The van der Waals surface area contributed by atoms with Crippen LogP contribution in [-0.2, 0) is 4.79 Å². The molecule has 0 aliphatic heterocycles. The number of hydrogen-bond donors (Lipinski definition) is 1. The topological polar surface area (TPSA) is 49.8 Å². The predicted molar refractivity (Wildman–Crippen MR) is 129 cm³/mol. The Morgan fingerprint density at radius 3 is 2.32 bits per heavy atom. The van der Waals surface area contributed by atoms with Crippen LogP contribution in [0.4, 0.5) is 5.69 Å². The Balaban J connectivity index is 1.58. The molecule has 0 aliphatic rings. The lowest BCUT2D eigenvalue weighted by atomic mass is 10.1. The lowest BCUT2D eigenvalue weighted by Crippen LogP contribution is -2.26. The Labute approximate surface area is 188 Å². The zero-order valence-corrected chi connectivity index (χ0v) is 18.9. The van der Waals surface area contributed by atoms with Crippen LogP contribution in [0.2, 0.25) is 0 Å². The summed E-state index contributed by atoms with van der Waals surface area (Å²) in [5.74, 6) is 0.624. The Bertz CT molecular complexity index is 974. The number of aliphatic carboxylic acids is 1. The molecule has 0 unspecified atom stereocenters. The van der Waals surface area contributed by atoms with Crippen molar-refractivity contribution in [2.24, 2.45) is 0 Å². The molecule has 0 fully saturated rings. The maximum absolute atomic E-state index is 10.7. The summed E-state index contributed by atoms with van der Waals surface area (Å²) < 4.78 is 5.31. The highest BCUT2D eigenvalue weighted by Gasteiger charge is 2.08. The normalized spacial score (nSPS) is 10.6. The number of rotatable bonds is 11. The van der Waals surface area contributed by atoms with Crippen LogP contribution in [0.1, 0.15) is 18.9 Å². The second-order valence-corrected chi connectivity index (χ2v) is 8.53. The smallest absolute Gasteiger partial charge is 0.341 e. The molecule has 0 bridgehead atoms. The van der Waals surface area contributed by atoms with Crippen LogP contribution in [0, 0.1) is 6.92 Å². The van der Waals surface area contributed by atoms with Gasteiger partial charge < -0.3 is 14.7 Å². The third kappa shape index (κ3) is 6.79. The largest absolute Gasteiger partial charge is 0.482 e. The van der Waals surface area contributed by atoms with Crippen molar-refractivity contribution >= 4 is 23.4 Å². The van der Waals surface area contributed by atoms with Crippen LogP contribution in [-0.4, -0.2) is 36.5 Å². The second-order valence-electron chi connectivity index (χ2n) is 7.36. The fraction of sp³-hybridized carbons (Fsp3) is 0.269. The molecule has 1 N–H and O–H groups in total. The maximum Gasteiger partial charge on any atom is 0.341 e. The Kier molecular flexibility index (Phi) is 8.42. The third-order valence-electron chi connectivity index (χ3n) is 4.96. The molecule has 0 aliphatic carbocycles. The molecule has 0 atom stereocenters.